The summed E-state index contributed by atoms with van der Waals surface area (Å²) in [6.07, 6.45) is 1.12. The molecule has 1 aliphatic carbocycles. The zero-order valence-electron chi connectivity index (χ0n) is 13.9. The summed E-state index contributed by atoms with van der Waals surface area (Å²) in [5, 5.41) is 20.4. The zero-order chi connectivity index (χ0) is 17.1. The van der Waals surface area contributed by atoms with Crippen LogP contribution in [0.15, 0.2) is 12.1 Å². The number of hydrogen-bond donors (Lipinski definition) is 3. The van der Waals surface area contributed by atoms with Gasteiger partial charge >= 0.3 is 6.09 Å². The van der Waals surface area contributed by atoms with Crippen LogP contribution < -0.4 is 16.0 Å². The number of rotatable bonds is 3. The van der Waals surface area contributed by atoms with Crippen LogP contribution in [-0.2, 0) is 0 Å². The van der Waals surface area contributed by atoms with Crippen molar-refractivity contribution in [3.8, 4) is 0 Å². The Balaban J connectivity index is 1.74. The molecule has 0 bridgehead atoms. The number of nitrogen functional groups attached to an aromatic ring is 1. The molecule has 2 fully saturated rings. The van der Waals surface area contributed by atoms with Gasteiger partial charge in [0.1, 0.15) is 5.52 Å². The third-order valence-corrected chi connectivity index (χ3v) is 5.29. The minimum Gasteiger partial charge on any atom is -0.465 e. The van der Waals surface area contributed by atoms with Crippen LogP contribution in [0.25, 0.3) is 11.0 Å². The second kappa shape index (κ2) is 4.99. The molecule has 1 amide bonds. The zero-order valence-corrected chi connectivity index (χ0v) is 13.9. The van der Waals surface area contributed by atoms with E-state index >= 15 is 0 Å². The molecule has 24 heavy (non-hydrogen) atoms. The van der Waals surface area contributed by atoms with Gasteiger partial charge < -0.3 is 21.1 Å². The number of nitrogens with one attached hydrogen (secondary N) is 1. The minimum atomic E-state index is -0.968. The largest absolute Gasteiger partial charge is 0.465 e. The van der Waals surface area contributed by atoms with Crippen molar-refractivity contribution in [1.29, 1.82) is 0 Å². The number of hydrogen-bond acceptors (Lipinski definition) is 5. The van der Waals surface area contributed by atoms with E-state index in [0.29, 0.717) is 12.2 Å². The minimum absolute atomic E-state index is 0.0427. The third kappa shape index (κ3) is 2.16. The Bertz CT molecular complexity index is 810. The van der Waals surface area contributed by atoms with E-state index in [1.807, 2.05) is 16.8 Å². The third-order valence-electron chi connectivity index (χ3n) is 5.29. The normalized spacial score (nSPS) is 21.8. The Labute approximate surface area is 139 Å². The number of aromatic nitrogens is 3. The van der Waals surface area contributed by atoms with Crippen molar-refractivity contribution in [2.24, 2.45) is 5.41 Å². The van der Waals surface area contributed by atoms with Gasteiger partial charge in [0, 0.05) is 24.5 Å². The van der Waals surface area contributed by atoms with Gasteiger partial charge in [-0.15, -0.1) is 5.10 Å². The molecule has 2 aromatic rings. The molecule has 4 rings (SSSR count). The average molecular weight is 330 g/mol. The summed E-state index contributed by atoms with van der Waals surface area (Å²) >= 11 is 0. The maximum atomic E-state index is 11.1. The van der Waals surface area contributed by atoms with Crippen LogP contribution >= 0.6 is 0 Å². The molecule has 1 saturated heterocycles. The van der Waals surface area contributed by atoms with Crippen LogP contribution in [0.3, 0.4) is 0 Å². The molecule has 8 heteroatoms. The number of fused-ring (bicyclic) bond motifs is 1. The molecular weight excluding hydrogens is 308 g/mol. The van der Waals surface area contributed by atoms with Crippen LogP contribution in [0.4, 0.5) is 16.2 Å². The molecule has 1 saturated carbocycles. The van der Waals surface area contributed by atoms with Crippen LogP contribution in [0, 0.1) is 5.41 Å². The van der Waals surface area contributed by atoms with Crippen molar-refractivity contribution in [2.45, 2.75) is 38.8 Å². The van der Waals surface area contributed by atoms with Crippen LogP contribution in [0.5, 0.6) is 0 Å². The Morgan fingerprint density at radius 1 is 1.46 bits per heavy atom. The number of carboxylic acid groups (broad SMARTS) is 1. The van der Waals surface area contributed by atoms with E-state index in [9.17, 15) is 4.79 Å². The highest BCUT2D eigenvalue weighted by Gasteiger charge is 2.56. The van der Waals surface area contributed by atoms with Crippen molar-refractivity contribution in [3.63, 3.8) is 0 Å². The first-order chi connectivity index (χ1) is 11.4. The Hall–Kier alpha value is -2.51. The molecule has 1 aromatic heterocycles. The molecule has 1 spiro atoms. The van der Waals surface area contributed by atoms with Crippen molar-refractivity contribution >= 4 is 28.5 Å². The lowest BCUT2D eigenvalue weighted by Gasteiger charge is -2.21. The lowest BCUT2D eigenvalue weighted by molar-refractivity contribution is 0.186. The summed E-state index contributed by atoms with van der Waals surface area (Å²) in [4.78, 5) is 13.3. The number of nitrogens with two attached hydrogens (primary N) is 1. The molecule has 8 nitrogen and oxygen atoms in total. The maximum Gasteiger partial charge on any atom is 0.404 e. The first-order valence-corrected chi connectivity index (χ1v) is 8.29. The SMILES string of the molecule is CC(C)n1nnc2c(N3C[C@H](NC(=O)O)C4(CC4)C3)c(N)ccc21. The number of carbonyl (C=O) groups is 1. The van der Waals surface area contributed by atoms with Crippen molar-refractivity contribution < 1.29 is 9.90 Å². The summed E-state index contributed by atoms with van der Waals surface area (Å²) in [5.74, 6) is 0. The van der Waals surface area contributed by atoms with Gasteiger partial charge in [0.15, 0.2) is 0 Å². The van der Waals surface area contributed by atoms with Gasteiger partial charge in [0.25, 0.3) is 0 Å². The predicted octanol–water partition coefficient (Wildman–Crippen LogP) is 1.83. The number of nitrogens with zero attached hydrogens (tertiary/aromatic N) is 4. The maximum absolute atomic E-state index is 11.1. The molecule has 2 aliphatic rings. The van der Waals surface area contributed by atoms with E-state index < -0.39 is 6.09 Å². The fourth-order valence-corrected chi connectivity index (χ4v) is 3.88. The predicted molar refractivity (Wildman–Crippen MR) is 91.2 cm³/mol. The van der Waals surface area contributed by atoms with Gasteiger partial charge in [-0.05, 0) is 38.8 Å². The van der Waals surface area contributed by atoms with Gasteiger partial charge in [-0.2, -0.15) is 0 Å². The summed E-state index contributed by atoms with van der Waals surface area (Å²) in [7, 11) is 0. The summed E-state index contributed by atoms with van der Waals surface area (Å²) < 4.78 is 1.88. The molecule has 0 unspecified atom stereocenters. The molecular formula is C16H22N6O2. The number of benzene rings is 1. The van der Waals surface area contributed by atoms with Crippen LogP contribution in [0.2, 0.25) is 0 Å². The molecule has 1 aromatic carbocycles. The van der Waals surface area contributed by atoms with Gasteiger partial charge in [0.05, 0.1) is 22.9 Å². The van der Waals surface area contributed by atoms with Crippen LogP contribution in [-0.4, -0.2) is 45.3 Å². The Morgan fingerprint density at radius 2 is 2.21 bits per heavy atom. The summed E-state index contributed by atoms with van der Waals surface area (Å²) in [6.45, 7) is 5.54. The van der Waals surface area contributed by atoms with E-state index in [2.05, 4.69) is 34.4 Å². The molecule has 0 radical (unpaired) electrons. The van der Waals surface area contributed by atoms with Crippen molar-refractivity contribution in [2.75, 3.05) is 23.7 Å². The summed E-state index contributed by atoms with van der Waals surface area (Å²) in [5.41, 5.74) is 9.57. The molecule has 4 N–H and O–H groups in total. The average Bonchev–Trinajstić information content (AvgIpc) is 3.01. The highest BCUT2D eigenvalue weighted by molar-refractivity contribution is 5.95. The highest BCUT2D eigenvalue weighted by Crippen LogP contribution is 2.54. The second-order valence-electron chi connectivity index (χ2n) is 7.24. The molecule has 2 heterocycles. The number of anilines is 2. The quantitative estimate of drug-likeness (QED) is 0.741. The lowest BCUT2D eigenvalue weighted by atomic mass is 10.0. The van der Waals surface area contributed by atoms with Crippen molar-refractivity contribution in [1.82, 2.24) is 20.3 Å². The van der Waals surface area contributed by atoms with E-state index in [4.69, 9.17) is 10.8 Å². The molecule has 1 aliphatic heterocycles. The highest BCUT2D eigenvalue weighted by atomic mass is 16.4. The lowest BCUT2D eigenvalue weighted by Crippen LogP contribution is -2.40. The fraction of sp³-hybridized carbons (Fsp3) is 0.562. The monoisotopic (exact) mass is 330 g/mol. The first-order valence-electron chi connectivity index (χ1n) is 8.29. The molecule has 128 valence electrons. The van der Waals surface area contributed by atoms with Gasteiger partial charge in [0.2, 0.25) is 0 Å². The van der Waals surface area contributed by atoms with Gasteiger partial charge in [-0.3, -0.25) is 0 Å². The Morgan fingerprint density at radius 3 is 2.83 bits per heavy atom. The van der Waals surface area contributed by atoms with E-state index in [-0.39, 0.29) is 17.5 Å². The summed E-state index contributed by atoms with van der Waals surface area (Å²) in [6, 6.07) is 3.98. The number of amides is 1. The first kappa shape index (κ1) is 15.0. The van der Waals surface area contributed by atoms with Crippen molar-refractivity contribution in [3.05, 3.63) is 12.1 Å². The van der Waals surface area contributed by atoms with Gasteiger partial charge in [-0.1, -0.05) is 5.21 Å². The van der Waals surface area contributed by atoms with E-state index in [0.717, 1.165) is 36.1 Å². The molecule has 1 atom stereocenters. The van der Waals surface area contributed by atoms with Crippen LogP contribution in [0.1, 0.15) is 32.7 Å². The topological polar surface area (TPSA) is 109 Å². The Kier molecular flexibility index (Phi) is 3.13. The standard InChI is InChI=1S/C16H22N6O2/c1-9(2)22-11-4-3-10(17)14(13(11)19-20-22)21-7-12(18-15(23)24)16(8-21)5-6-16/h3-4,9,12,18H,5-8,17H2,1-2H3,(H,23,24)/t12-/m0/s1. The fourth-order valence-electron chi connectivity index (χ4n) is 3.88. The second-order valence-corrected chi connectivity index (χ2v) is 7.24. The van der Waals surface area contributed by atoms with E-state index in [1.165, 1.54) is 0 Å². The van der Waals surface area contributed by atoms with E-state index in [1.54, 1.807) is 0 Å². The smallest absolute Gasteiger partial charge is 0.404 e. The van der Waals surface area contributed by atoms with Gasteiger partial charge in [-0.25, -0.2) is 9.48 Å².